The molecule has 1 fully saturated rings. The summed E-state index contributed by atoms with van der Waals surface area (Å²) in [7, 11) is 0. The van der Waals surface area contributed by atoms with Crippen LogP contribution in [0.1, 0.15) is 10.4 Å². The molecule has 0 saturated carbocycles. The molecule has 0 spiro atoms. The summed E-state index contributed by atoms with van der Waals surface area (Å²) >= 11 is 4.77. The molecule has 0 aromatic heterocycles. The highest BCUT2D eigenvalue weighted by molar-refractivity contribution is 7.80. The zero-order chi connectivity index (χ0) is 14.9. The van der Waals surface area contributed by atoms with E-state index in [-0.39, 0.29) is 24.7 Å². The van der Waals surface area contributed by atoms with Gasteiger partial charge in [0.2, 0.25) is 0 Å². The summed E-state index contributed by atoms with van der Waals surface area (Å²) in [5.74, 6) is -5.28. The number of hydrogen-bond donors (Lipinski definition) is 1. The Morgan fingerprint density at radius 2 is 2.05 bits per heavy atom. The Balaban J connectivity index is 2.23. The van der Waals surface area contributed by atoms with Crippen LogP contribution in [-0.4, -0.2) is 41.6 Å². The first-order valence-corrected chi connectivity index (χ1v) is 6.16. The van der Waals surface area contributed by atoms with Crippen molar-refractivity contribution < 1.29 is 22.7 Å². The lowest BCUT2D eigenvalue weighted by atomic mass is 10.1. The fraction of sp³-hybridized carbons (Fsp3) is 0.333. The maximum Gasteiger partial charge on any atom is 0.257 e. The smallest absolute Gasteiger partial charge is 0.257 e. The molecule has 2 rings (SSSR count). The van der Waals surface area contributed by atoms with Gasteiger partial charge in [-0.05, 0) is 12.1 Å². The highest BCUT2D eigenvalue weighted by Gasteiger charge is 2.29. The van der Waals surface area contributed by atoms with E-state index in [0.717, 1.165) is 6.07 Å². The lowest BCUT2D eigenvalue weighted by molar-refractivity contribution is 0.00851. The van der Waals surface area contributed by atoms with Crippen LogP contribution in [0.5, 0.6) is 0 Å². The molecule has 1 aromatic carbocycles. The number of hydrogen-bond acceptors (Lipinski definition) is 3. The van der Waals surface area contributed by atoms with Crippen molar-refractivity contribution >= 4 is 23.1 Å². The third-order valence-electron chi connectivity index (χ3n) is 2.94. The second kappa shape index (κ2) is 5.76. The van der Waals surface area contributed by atoms with Crippen LogP contribution in [0.4, 0.5) is 13.2 Å². The van der Waals surface area contributed by atoms with E-state index in [2.05, 4.69) is 0 Å². The fourth-order valence-electron chi connectivity index (χ4n) is 1.87. The Kier molecular flexibility index (Phi) is 4.24. The van der Waals surface area contributed by atoms with Crippen LogP contribution < -0.4 is 5.73 Å². The molecule has 2 N–H and O–H groups in total. The van der Waals surface area contributed by atoms with Crippen molar-refractivity contribution in [2.24, 2.45) is 5.73 Å². The number of nitrogens with zero attached hydrogens (tertiary/aromatic N) is 1. The minimum Gasteiger partial charge on any atom is -0.391 e. The molecule has 1 saturated heterocycles. The van der Waals surface area contributed by atoms with E-state index in [1.165, 1.54) is 4.90 Å². The van der Waals surface area contributed by atoms with E-state index >= 15 is 0 Å². The molecule has 108 valence electrons. The maximum absolute atomic E-state index is 13.6. The second-order valence-corrected chi connectivity index (χ2v) is 4.71. The number of halogens is 3. The van der Waals surface area contributed by atoms with Crippen LogP contribution in [0.3, 0.4) is 0 Å². The Bertz CT molecular complexity index is 568. The standard InChI is InChI=1S/C12H11F3N2O2S/c13-7-2-1-6(9(14)10(7)15)12(18)17-3-4-19-8(5-17)11(16)20/h1-2,8H,3-5H2,(H2,16,20). The molecule has 1 aromatic rings. The number of nitrogens with two attached hydrogens (primary N) is 1. The first-order chi connectivity index (χ1) is 9.41. The summed E-state index contributed by atoms with van der Waals surface area (Å²) in [5.41, 5.74) is 4.89. The van der Waals surface area contributed by atoms with Crippen LogP contribution >= 0.6 is 12.2 Å². The highest BCUT2D eigenvalue weighted by Crippen LogP contribution is 2.18. The van der Waals surface area contributed by atoms with Gasteiger partial charge >= 0.3 is 0 Å². The monoisotopic (exact) mass is 304 g/mol. The van der Waals surface area contributed by atoms with Crippen molar-refractivity contribution in [1.82, 2.24) is 4.90 Å². The minimum atomic E-state index is -1.67. The molecule has 0 radical (unpaired) electrons. The van der Waals surface area contributed by atoms with E-state index in [1.807, 2.05) is 0 Å². The molecule has 1 atom stereocenters. The molecule has 4 nitrogen and oxygen atoms in total. The van der Waals surface area contributed by atoms with Crippen molar-refractivity contribution in [3.05, 3.63) is 35.1 Å². The number of ether oxygens (including phenoxy) is 1. The average Bonchev–Trinajstić information content (AvgIpc) is 2.44. The average molecular weight is 304 g/mol. The van der Waals surface area contributed by atoms with Crippen LogP contribution in [0.2, 0.25) is 0 Å². The SMILES string of the molecule is NC(=S)C1CN(C(=O)c2ccc(F)c(F)c2F)CCO1. The molecular formula is C12H11F3N2O2S. The Morgan fingerprint density at radius 3 is 2.70 bits per heavy atom. The molecule has 1 aliphatic heterocycles. The molecule has 20 heavy (non-hydrogen) atoms. The van der Waals surface area contributed by atoms with Crippen molar-refractivity contribution in [2.45, 2.75) is 6.10 Å². The summed E-state index contributed by atoms with van der Waals surface area (Å²) in [6, 6.07) is 1.61. The van der Waals surface area contributed by atoms with Gasteiger partial charge in [-0.15, -0.1) is 0 Å². The number of carbonyl (C=O) groups excluding carboxylic acids is 1. The molecule has 1 aliphatic rings. The third-order valence-corrected chi connectivity index (χ3v) is 3.20. The van der Waals surface area contributed by atoms with E-state index < -0.39 is 35.0 Å². The van der Waals surface area contributed by atoms with E-state index in [9.17, 15) is 18.0 Å². The number of carbonyl (C=O) groups is 1. The molecule has 1 heterocycles. The molecule has 0 bridgehead atoms. The van der Waals surface area contributed by atoms with Crippen LogP contribution in [-0.2, 0) is 4.74 Å². The van der Waals surface area contributed by atoms with E-state index in [0.29, 0.717) is 6.07 Å². The first kappa shape index (κ1) is 14.7. The molecule has 1 amide bonds. The Labute approximate surface area is 118 Å². The highest BCUT2D eigenvalue weighted by atomic mass is 32.1. The van der Waals surface area contributed by atoms with E-state index in [4.69, 9.17) is 22.7 Å². The van der Waals surface area contributed by atoms with Gasteiger partial charge in [0.25, 0.3) is 5.91 Å². The van der Waals surface area contributed by atoms with Crippen molar-refractivity contribution in [1.29, 1.82) is 0 Å². The lowest BCUT2D eigenvalue weighted by Crippen LogP contribution is -2.50. The summed E-state index contributed by atoms with van der Waals surface area (Å²) in [5, 5.41) is 0. The Morgan fingerprint density at radius 1 is 1.35 bits per heavy atom. The zero-order valence-electron chi connectivity index (χ0n) is 10.2. The maximum atomic E-state index is 13.6. The van der Waals surface area contributed by atoms with E-state index in [1.54, 1.807) is 0 Å². The second-order valence-electron chi connectivity index (χ2n) is 4.24. The van der Waals surface area contributed by atoms with Crippen LogP contribution in [0, 0.1) is 17.5 Å². The van der Waals surface area contributed by atoms with Gasteiger partial charge in [0, 0.05) is 6.54 Å². The summed E-state index contributed by atoms with van der Waals surface area (Å²) < 4.78 is 44.8. The number of amides is 1. The molecule has 0 aliphatic carbocycles. The quantitative estimate of drug-likeness (QED) is 0.659. The molecule has 1 unspecified atom stereocenters. The van der Waals surface area contributed by atoms with Gasteiger partial charge in [-0.3, -0.25) is 4.79 Å². The predicted octanol–water partition coefficient (Wildman–Crippen LogP) is 1.23. The first-order valence-electron chi connectivity index (χ1n) is 5.75. The van der Waals surface area contributed by atoms with Gasteiger partial charge in [0.05, 0.1) is 18.7 Å². The topological polar surface area (TPSA) is 55.6 Å². The Hall–Kier alpha value is -1.67. The normalized spacial score (nSPS) is 18.9. The number of thiocarbonyl (C=S) groups is 1. The number of benzene rings is 1. The van der Waals surface area contributed by atoms with Gasteiger partial charge in [0.1, 0.15) is 11.1 Å². The fourth-order valence-corrected chi connectivity index (χ4v) is 2.01. The van der Waals surface area contributed by atoms with Crippen LogP contribution in [0.25, 0.3) is 0 Å². The van der Waals surface area contributed by atoms with Crippen molar-refractivity contribution in [3.63, 3.8) is 0 Å². The minimum absolute atomic E-state index is 0.0482. The number of morpholine rings is 1. The van der Waals surface area contributed by atoms with Gasteiger partial charge < -0.3 is 15.4 Å². The third kappa shape index (κ3) is 2.75. The molecule has 8 heteroatoms. The zero-order valence-corrected chi connectivity index (χ0v) is 11.1. The summed E-state index contributed by atoms with van der Waals surface area (Å²) in [6.45, 7) is 0.419. The van der Waals surface area contributed by atoms with Crippen LogP contribution in [0.15, 0.2) is 12.1 Å². The van der Waals surface area contributed by atoms with Crippen molar-refractivity contribution in [2.75, 3.05) is 19.7 Å². The summed E-state index contributed by atoms with van der Waals surface area (Å²) in [4.78, 5) is 13.4. The predicted molar refractivity (Wildman–Crippen MR) is 68.7 cm³/mol. The van der Waals surface area contributed by atoms with Gasteiger partial charge in [-0.25, -0.2) is 13.2 Å². The van der Waals surface area contributed by atoms with Gasteiger partial charge in [-0.1, -0.05) is 12.2 Å². The lowest BCUT2D eigenvalue weighted by Gasteiger charge is -2.32. The van der Waals surface area contributed by atoms with Gasteiger partial charge in [0.15, 0.2) is 17.5 Å². The van der Waals surface area contributed by atoms with Crippen molar-refractivity contribution in [3.8, 4) is 0 Å². The summed E-state index contributed by atoms with van der Waals surface area (Å²) in [6.07, 6.45) is -0.629. The molecular weight excluding hydrogens is 293 g/mol. The largest absolute Gasteiger partial charge is 0.391 e. The number of rotatable bonds is 2. The van der Waals surface area contributed by atoms with Gasteiger partial charge in [-0.2, -0.15) is 0 Å².